The van der Waals surface area contributed by atoms with Crippen molar-refractivity contribution in [3.8, 4) is 11.5 Å². The molecule has 0 saturated heterocycles. The van der Waals surface area contributed by atoms with Gasteiger partial charge in [-0.2, -0.15) is 0 Å². The van der Waals surface area contributed by atoms with Crippen molar-refractivity contribution in [3.63, 3.8) is 0 Å². The molecular formula is C19H16N2O4S2. The first-order chi connectivity index (χ1) is 13.0. The Bertz CT molecular complexity index is 1080. The Labute approximate surface area is 161 Å². The van der Waals surface area contributed by atoms with Crippen LogP contribution in [0.4, 0.5) is 11.4 Å². The van der Waals surface area contributed by atoms with E-state index in [1.54, 1.807) is 54.6 Å². The number of hydrogen-bond donors (Lipinski definition) is 2. The molecule has 138 valence electrons. The van der Waals surface area contributed by atoms with Gasteiger partial charge in [0.2, 0.25) is 6.79 Å². The molecular weight excluding hydrogens is 384 g/mol. The second-order valence-corrected chi connectivity index (χ2v) is 8.56. The van der Waals surface area contributed by atoms with Crippen LogP contribution in [0.2, 0.25) is 0 Å². The number of sulfonamides is 1. The summed E-state index contributed by atoms with van der Waals surface area (Å²) < 4.78 is 39.1. The van der Waals surface area contributed by atoms with Crippen molar-refractivity contribution in [2.45, 2.75) is 14.7 Å². The molecule has 8 heteroatoms. The number of nitrogen functional groups attached to an aromatic ring is 1. The quantitative estimate of drug-likeness (QED) is 0.630. The molecule has 6 nitrogen and oxygen atoms in total. The van der Waals surface area contributed by atoms with E-state index in [1.165, 1.54) is 11.8 Å². The molecule has 1 aliphatic rings. The zero-order valence-electron chi connectivity index (χ0n) is 14.1. The number of benzene rings is 3. The molecule has 0 fully saturated rings. The van der Waals surface area contributed by atoms with E-state index in [1.807, 2.05) is 12.1 Å². The van der Waals surface area contributed by atoms with Gasteiger partial charge < -0.3 is 15.2 Å². The van der Waals surface area contributed by atoms with Gasteiger partial charge in [0.15, 0.2) is 11.5 Å². The molecule has 0 unspecified atom stereocenters. The summed E-state index contributed by atoms with van der Waals surface area (Å²) in [5.74, 6) is 1.11. The van der Waals surface area contributed by atoms with Crippen LogP contribution in [0.1, 0.15) is 0 Å². The third-order valence-corrected chi connectivity index (χ3v) is 6.52. The van der Waals surface area contributed by atoms with Crippen LogP contribution >= 0.6 is 11.8 Å². The summed E-state index contributed by atoms with van der Waals surface area (Å²) >= 11 is 1.36. The highest BCUT2D eigenvalue weighted by atomic mass is 32.2. The number of rotatable bonds is 5. The predicted molar refractivity (Wildman–Crippen MR) is 105 cm³/mol. The lowest BCUT2D eigenvalue weighted by molar-refractivity contribution is 0.174. The minimum Gasteiger partial charge on any atom is -0.454 e. The van der Waals surface area contributed by atoms with Crippen molar-refractivity contribution in [3.05, 3.63) is 66.7 Å². The van der Waals surface area contributed by atoms with E-state index >= 15 is 0 Å². The standard InChI is InChI=1S/C19H16N2O4S2/c20-13-5-8-15(9-6-13)26-18-3-1-2-4-19(18)27(22,23)21-14-7-10-16-17(11-14)25-12-24-16/h1-11,21H,12,20H2. The highest BCUT2D eigenvalue weighted by Crippen LogP contribution is 2.36. The Morgan fingerprint density at radius 2 is 1.67 bits per heavy atom. The maximum Gasteiger partial charge on any atom is 0.263 e. The van der Waals surface area contributed by atoms with Crippen molar-refractivity contribution < 1.29 is 17.9 Å². The summed E-state index contributed by atoms with van der Waals surface area (Å²) in [5, 5.41) is 0. The Hall–Kier alpha value is -2.84. The van der Waals surface area contributed by atoms with Crippen LogP contribution in [-0.4, -0.2) is 15.2 Å². The second kappa shape index (κ2) is 7.05. The van der Waals surface area contributed by atoms with Gasteiger partial charge in [-0.25, -0.2) is 8.42 Å². The monoisotopic (exact) mass is 400 g/mol. The third kappa shape index (κ3) is 3.81. The van der Waals surface area contributed by atoms with Crippen molar-refractivity contribution in [2.75, 3.05) is 17.2 Å². The first-order valence-electron chi connectivity index (χ1n) is 8.06. The molecule has 0 aromatic heterocycles. The summed E-state index contributed by atoms with van der Waals surface area (Å²) in [6.45, 7) is 0.132. The van der Waals surface area contributed by atoms with Crippen LogP contribution in [0.5, 0.6) is 11.5 Å². The Kier molecular flexibility index (Phi) is 4.59. The van der Waals surface area contributed by atoms with Crippen molar-refractivity contribution in [2.24, 2.45) is 0 Å². The minimum atomic E-state index is -3.78. The van der Waals surface area contributed by atoms with E-state index in [2.05, 4.69) is 4.72 Å². The van der Waals surface area contributed by atoms with Crippen molar-refractivity contribution in [1.82, 2.24) is 0 Å². The molecule has 0 aliphatic carbocycles. The fraction of sp³-hybridized carbons (Fsp3) is 0.0526. The van der Waals surface area contributed by atoms with Gasteiger partial charge in [0, 0.05) is 21.5 Å². The van der Waals surface area contributed by atoms with E-state index in [-0.39, 0.29) is 11.7 Å². The number of hydrogen-bond acceptors (Lipinski definition) is 6. The van der Waals surface area contributed by atoms with Gasteiger partial charge in [-0.1, -0.05) is 23.9 Å². The summed E-state index contributed by atoms with van der Waals surface area (Å²) in [6, 6.07) is 19.0. The number of ether oxygens (including phenoxy) is 2. The molecule has 3 N–H and O–H groups in total. The molecule has 4 rings (SSSR count). The third-order valence-electron chi connectivity index (χ3n) is 3.87. The summed E-state index contributed by atoms with van der Waals surface area (Å²) in [4.78, 5) is 1.72. The van der Waals surface area contributed by atoms with Crippen molar-refractivity contribution >= 4 is 33.2 Å². The molecule has 3 aromatic rings. The van der Waals surface area contributed by atoms with Gasteiger partial charge in [0.25, 0.3) is 10.0 Å². The average Bonchev–Trinajstić information content (AvgIpc) is 3.11. The molecule has 0 saturated carbocycles. The highest BCUT2D eigenvalue weighted by molar-refractivity contribution is 8.00. The summed E-state index contributed by atoms with van der Waals surface area (Å²) in [7, 11) is -3.78. The topological polar surface area (TPSA) is 90.7 Å². The van der Waals surface area contributed by atoms with Crippen LogP contribution in [0.25, 0.3) is 0 Å². The Balaban J connectivity index is 1.62. The van der Waals surface area contributed by atoms with Gasteiger partial charge >= 0.3 is 0 Å². The lowest BCUT2D eigenvalue weighted by Gasteiger charge is -2.12. The van der Waals surface area contributed by atoms with Crippen LogP contribution in [-0.2, 0) is 10.0 Å². The maximum absolute atomic E-state index is 13.0. The fourth-order valence-electron chi connectivity index (χ4n) is 2.59. The molecule has 3 aromatic carbocycles. The molecule has 0 bridgehead atoms. The lowest BCUT2D eigenvalue weighted by Crippen LogP contribution is -2.13. The van der Waals surface area contributed by atoms with Gasteiger partial charge in [-0.3, -0.25) is 4.72 Å². The average molecular weight is 400 g/mol. The number of fused-ring (bicyclic) bond motifs is 1. The van der Waals surface area contributed by atoms with Gasteiger partial charge in [-0.15, -0.1) is 0 Å². The molecule has 0 radical (unpaired) electrons. The zero-order valence-corrected chi connectivity index (χ0v) is 15.7. The van der Waals surface area contributed by atoms with Crippen LogP contribution in [0, 0.1) is 0 Å². The second-order valence-electron chi connectivity index (χ2n) is 5.79. The number of nitrogens with two attached hydrogens (primary N) is 1. The van der Waals surface area contributed by atoms with E-state index in [9.17, 15) is 8.42 Å². The molecule has 1 heterocycles. The molecule has 27 heavy (non-hydrogen) atoms. The Morgan fingerprint density at radius 1 is 0.926 bits per heavy atom. The predicted octanol–water partition coefficient (Wildman–Crippen LogP) is 3.95. The summed E-state index contributed by atoms with van der Waals surface area (Å²) in [6.07, 6.45) is 0. The number of nitrogens with one attached hydrogen (secondary N) is 1. The minimum absolute atomic E-state index is 0.132. The lowest BCUT2D eigenvalue weighted by atomic mass is 10.3. The molecule has 0 spiro atoms. The SMILES string of the molecule is Nc1ccc(Sc2ccccc2S(=O)(=O)Nc2ccc3c(c2)OCO3)cc1. The van der Waals surface area contributed by atoms with Gasteiger partial charge in [0.1, 0.15) is 4.90 Å². The van der Waals surface area contributed by atoms with Gasteiger partial charge in [0.05, 0.1) is 5.69 Å². The first-order valence-corrected chi connectivity index (χ1v) is 10.4. The first kappa shape index (κ1) is 17.6. The fourth-order valence-corrected chi connectivity index (χ4v) is 5.02. The van der Waals surface area contributed by atoms with Gasteiger partial charge in [-0.05, 0) is 48.5 Å². The molecule has 1 aliphatic heterocycles. The zero-order chi connectivity index (χ0) is 18.9. The van der Waals surface area contributed by atoms with Crippen LogP contribution < -0.4 is 19.9 Å². The van der Waals surface area contributed by atoms with E-state index < -0.39 is 10.0 Å². The largest absolute Gasteiger partial charge is 0.454 e. The van der Waals surface area contributed by atoms with Crippen molar-refractivity contribution in [1.29, 1.82) is 0 Å². The van der Waals surface area contributed by atoms with E-state index in [0.717, 1.165) is 4.90 Å². The Morgan fingerprint density at radius 3 is 2.48 bits per heavy atom. The highest BCUT2D eigenvalue weighted by Gasteiger charge is 2.21. The normalized spacial score (nSPS) is 12.7. The summed E-state index contributed by atoms with van der Waals surface area (Å²) in [5.41, 5.74) is 6.78. The maximum atomic E-state index is 13.0. The van der Waals surface area contributed by atoms with E-state index in [4.69, 9.17) is 15.2 Å². The van der Waals surface area contributed by atoms with Crippen LogP contribution in [0.15, 0.2) is 81.4 Å². The molecule has 0 amide bonds. The number of anilines is 2. The van der Waals surface area contributed by atoms with E-state index in [0.29, 0.717) is 27.8 Å². The van der Waals surface area contributed by atoms with Crippen LogP contribution in [0.3, 0.4) is 0 Å². The molecule has 0 atom stereocenters. The smallest absolute Gasteiger partial charge is 0.263 e.